The fraction of sp³-hybridized carbons (Fsp3) is 0.875. The summed E-state index contributed by atoms with van der Waals surface area (Å²) in [4.78, 5) is 4.12. The number of nitrogens with zero attached hydrogens (tertiary/aromatic N) is 1. The molecule has 1 unspecified atom stereocenters. The van der Waals surface area contributed by atoms with Gasteiger partial charge in [0.15, 0.2) is 0 Å². The lowest BCUT2D eigenvalue weighted by Gasteiger charge is -2.17. The Bertz CT molecular complexity index is 139. The number of halogens is 1. The number of hydrogen-bond donors (Lipinski definition) is 0. The molecule has 0 fully saturated rings. The lowest BCUT2D eigenvalue weighted by atomic mass is 10.5. The minimum absolute atomic E-state index is 0.725. The molecule has 0 radical (unpaired) electrons. The first kappa shape index (κ1) is 12.1. The van der Waals surface area contributed by atoms with Crippen molar-refractivity contribution in [3.8, 4) is 0 Å². The lowest BCUT2D eigenvalue weighted by Crippen LogP contribution is -2.27. The van der Waals surface area contributed by atoms with E-state index in [0.717, 1.165) is 25.6 Å². The van der Waals surface area contributed by atoms with Gasteiger partial charge in [-0.25, -0.2) is 0 Å². The zero-order valence-electron chi connectivity index (χ0n) is 8.14. The molecule has 0 aromatic carbocycles. The van der Waals surface area contributed by atoms with Crippen molar-refractivity contribution in [3.05, 3.63) is 0 Å². The fourth-order valence-corrected chi connectivity index (χ4v) is 3.25. The first-order valence-electron chi connectivity index (χ1n) is 4.39. The molecule has 0 N–H and O–H groups in total. The summed E-state index contributed by atoms with van der Waals surface area (Å²) in [5, 5.41) is 0. The van der Waals surface area contributed by atoms with E-state index in [1.54, 1.807) is 0 Å². The van der Waals surface area contributed by atoms with Gasteiger partial charge in [-0.3, -0.25) is 4.99 Å². The molecule has 0 bridgehead atoms. The van der Waals surface area contributed by atoms with Crippen LogP contribution in [0, 0.1) is 0 Å². The van der Waals surface area contributed by atoms with Crippen molar-refractivity contribution in [1.82, 2.24) is 0 Å². The summed E-state index contributed by atoms with van der Waals surface area (Å²) in [7, 11) is -1.85. The fourth-order valence-electron chi connectivity index (χ4n) is 0.988. The summed E-state index contributed by atoms with van der Waals surface area (Å²) in [6, 6.07) is 0.986. The Hall–Kier alpha value is 0.137. The Morgan fingerprint density at radius 1 is 1.58 bits per heavy atom. The number of aliphatic imine (C=N–C) groups is 1. The number of rotatable bonds is 6. The van der Waals surface area contributed by atoms with Crippen molar-refractivity contribution in [2.24, 2.45) is 4.99 Å². The highest BCUT2D eigenvalue weighted by Crippen LogP contribution is 2.18. The van der Waals surface area contributed by atoms with E-state index >= 15 is 0 Å². The van der Waals surface area contributed by atoms with Gasteiger partial charge in [-0.1, -0.05) is 0 Å². The Balaban J connectivity index is 3.46. The van der Waals surface area contributed by atoms with Gasteiger partial charge in [0.1, 0.15) is 0 Å². The van der Waals surface area contributed by atoms with E-state index in [9.17, 15) is 0 Å². The maximum Gasteiger partial charge on any atom is 0.287 e. The van der Waals surface area contributed by atoms with E-state index in [1.807, 2.05) is 26.6 Å². The molecule has 0 amide bonds. The van der Waals surface area contributed by atoms with E-state index in [2.05, 4.69) is 4.99 Å². The summed E-state index contributed by atoms with van der Waals surface area (Å²) in [5.74, 6) is 0. The van der Waals surface area contributed by atoms with E-state index in [0.29, 0.717) is 0 Å². The monoisotopic (exact) mass is 207 g/mol. The Kier molecular flexibility index (Phi) is 6.71. The summed E-state index contributed by atoms with van der Waals surface area (Å²) in [5.41, 5.74) is 0. The van der Waals surface area contributed by atoms with E-state index in [-0.39, 0.29) is 0 Å². The van der Waals surface area contributed by atoms with Crippen LogP contribution in [-0.2, 0) is 4.43 Å². The molecule has 1 atom stereocenters. The normalized spacial score (nSPS) is 16.7. The van der Waals surface area contributed by atoms with Crippen LogP contribution in [0.3, 0.4) is 0 Å². The first-order valence-corrected chi connectivity index (χ1v) is 8.02. The zero-order chi connectivity index (χ0) is 9.45. The van der Waals surface area contributed by atoms with Crippen LogP contribution in [0.1, 0.15) is 20.3 Å². The van der Waals surface area contributed by atoms with Crippen LogP contribution in [0.5, 0.6) is 0 Å². The van der Waals surface area contributed by atoms with Crippen LogP contribution in [0.15, 0.2) is 4.99 Å². The molecule has 0 aliphatic heterocycles. The average molecular weight is 208 g/mol. The zero-order valence-corrected chi connectivity index (χ0v) is 9.90. The molecule has 0 spiro atoms. The molecule has 0 aliphatic carbocycles. The molecule has 0 aromatic heterocycles. The van der Waals surface area contributed by atoms with Crippen molar-refractivity contribution in [2.75, 3.05) is 13.2 Å². The van der Waals surface area contributed by atoms with Gasteiger partial charge in [0, 0.05) is 13.2 Å². The maximum atomic E-state index is 6.18. The van der Waals surface area contributed by atoms with Crippen molar-refractivity contribution >= 4 is 24.9 Å². The van der Waals surface area contributed by atoms with Crippen molar-refractivity contribution < 1.29 is 4.43 Å². The minimum Gasteiger partial charge on any atom is -0.403 e. The summed E-state index contributed by atoms with van der Waals surface area (Å²) >= 11 is 6.18. The van der Waals surface area contributed by atoms with Crippen molar-refractivity contribution in [3.63, 3.8) is 0 Å². The average Bonchev–Trinajstić information content (AvgIpc) is 1.98. The second kappa shape index (κ2) is 6.63. The highest BCUT2D eigenvalue weighted by molar-refractivity contribution is 7.16. The molecule has 72 valence electrons. The first-order chi connectivity index (χ1) is 5.62. The van der Waals surface area contributed by atoms with Crippen LogP contribution in [-0.4, -0.2) is 27.0 Å². The number of hydrogen-bond acceptors (Lipinski definition) is 2. The van der Waals surface area contributed by atoms with Crippen LogP contribution in [0.4, 0.5) is 0 Å². The largest absolute Gasteiger partial charge is 0.403 e. The van der Waals surface area contributed by atoms with Gasteiger partial charge in [0.25, 0.3) is 7.63 Å². The lowest BCUT2D eigenvalue weighted by molar-refractivity contribution is 0.338. The Morgan fingerprint density at radius 3 is 2.75 bits per heavy atom. The molecule has 0 heterocycles. The summed E-state index contributed by atoms with van der Waals surface area (Å²) in [6.45, 7) is 7.55. The van der Waals surface area contributed by atoms with E-state index in [4.69, 9.17) is 15.5 Å². The predicted octanol–water partition coefficient (Wildman–Crippen LogP) is 2.81. The van der Waals surface area contributed by atoms with Gasteiger partial charge < -0.3 is 4.43 Å². The van der Waals surface area contributed by atoms with Crippen molar-refractivity contribution in [2.45, 2.75) is 32.9 Å². The van der Waals surface area contributed by atoms with Gasteiger partial charge in [0.05, 0.1) is 0 Å². The van der Waals surface area contributed by atoms with E-state index in [1.165, 1.54) is 0 Å². The Morgan fingerprint density at radius 2 is 2.25 bits per heavy atom. The minimum atomic E-state index is -1.85. The molecule has 0 saturated carbocycles. The highest BCUT2D eigenvalue weighted by atomic mass is 35.6. The molecule has 0 aromatic rings. The topological polar surface area (TPSA) is 21.6 Å². The molecule has 0 rings (SSSR count). The second-order valence-corrected chi connectivity index (χ2v) is 8.19. The predicted molar refractivity (Wildman–Crippen MR) is 57.6 cm³/mol. The van der Waals surface area contributed by atoms with Crippen LogP contribution >= 0.6 is 11.1 Å². The maximum absolute atomic E-state index is 6.18. The summed E-state index contributed by atoms with van der Waals surface area (Å²) in [6.07, 6.45) is 2.87. The second-order valence-electron chi connectivity index (χ2n) is 2.80. The quantitative estimate of drug-likeness (QED) is 0.284. The van der Waals surface area contributed by atoms with Crippen LogP contribution < -0.4 is 0 Å². The van der Waals surface area contributed by atoms with Gasteiger partial charge in [-0.05, 0) is 39.1 Å². The smallest absolute Gasteiger partial charge is 0.287 e. The molecular weight excluding hydrogens is 190 g/mol. The van der Waals surface area contributed by atoms with Crippen LogP contribution in [0.25, 0.3) is 0 Å². The van der Waals surface area contributed by atoms with Gasteiger partial charge >= 0.3 is 0 Å². The van der Waals surface area contributed by atoms with Gasteiger partial charge in [-0.2, -0.15) is 0 Å². The summed E-state index contributed by atoms with van der Waals surface area (Å²) < 4.78 is 5.46. The standard InChI is InChI=1S/C8H18ClNOSi/c1-4-10-7-6-8-12(3,9)11-5-2/h4H,5-8H2,1-3H3. The highest BCUT2D eigenvalue weighted by Gasteiger charge is 2.24. The molecular formula is C8H18ClNOSi. The SMILES string of the molecule is CC=NCCC[Si](C)(Cl)OCC. The van der Waals surface area contributed by atoms with E-state index < -0.39 is 7.63 Å². The van der Waals surface area contributed by atoms with Crippen LogP contribution in [0.2, 0.25) is 12.6 Å². The molecule has 4 heteroatoms. The third-order valence-electron chi connectivity index (χ3n) is 1.54. The third kappa shape index (κ3) is 6.82. The third-order valence-corrected chi connectivity index (χ3v) is 4.57. The van der Waals surface area contributed by atoms with Crippen molar-refractivity contribution in [1.29, 1.82) is 0 Å². The molecule has 0 aliphatic rings. The molecule has 2 nitrogen and oxygen atoms in total. The Labute approximate surface area is 80.8 Å². The van der Waals surface area contributed by atoms with Gasteiger partial charge in [0.2, 0.25) is 0 Å². The van der Waals surface area contributed by atoms with Gasteiger partial charge in [-0.15, -0.1) is 11.1 Å². The molecule has 0 saturated heterocycles. The molecule has 12 heavy (non-hydrogen) atoms.